The number of aromatic nitrogens is 1. The van der Waals surface area contributed by atoms with Gasteiger partial charge in [-0.2, -0.15) is 0 Å². The molecule has 6 heteroatoms. The van der Waals surface area contributed by atoms with Crippen molar-refractivity contribution in [2.75, 3.05) is 12.9 Å². The Kier molecular flexibility index (Phi) is 3.30. The minimum Gasteiger partial charge on any atom is -0.465 e. The molecule has 0 unspecified atom stereocenters. The molecule has 0 saturated heterocycles. The Labute approximate surface area is 109 Å². The van der Waals surface area contributed by atoms with Crippen molar-refractivity contribution in [2.45, 2.75) is 19.4 Å². The third-order valence-corrected chi connectivity index (χ3v) is 3.91. The van der Waals surface area contributed by atoms with Crippen LogP contribution in [0.15, 0.2) is 28.1 Å². The van der Waals surface area contributed by atoms with Gasteiger partial charge in [-0.3, -0.25) is 14.4 Å². The second-order valence-corrected chi connectivity index (χ2v) is 5.53. The molecule has 1 aromatic heterocycles. The van der Waals surface area contributed by atoms with Crippen LogP contribution >= 0.6 is 11.8 Å². The van der Waals surface area contributed by atoms with Crippen molar-refractivity contribution < 1.29 is 9.53 Å². The number of aliphatic imine (C=N–C) groups is 1. The summed E-state index contributed by atoms with van der Waals surface area (Å²) in [5, 5.41) is 0.621. The molecule has 1 aromatic rings. The van der Waals surface area contributed by atoms with Gasteiger partial charge in [0.15, 0.2) is 5.17 Å². The standard InChI is InChI=1S/C12H14N2O3S/c1-12(2)7-18-11(13-12)14-6-4-5-8(9(14)15)10(16)17-3/h4-6H,7H2,1-3H3. The van der Waals surface area contributed by atoms with Gasteiger partial charge in [-0.15, -0.1) is 0 Å². The van der Waals surface area contributed by atoms with E-state index < -0.39 is 11.5 Å². The second kappa shape index (κ2) is 4.61. The number of pyridine rings is 1. The topological polar surface area (TPSA) is 60.7 Å². The van der Waals surface area contributed by atoms with Crippen molar-refractivity contribution >= 4 is 22.9 Å². The van der Waals surface area contributed by atoms with Crippen LogP contribution in [0.4, 0.5) is 0 Å². The molecule has 0 bridgehead atoms. The lowest BCUT2D eigenvalue weighted by Crippen LogP contribution is -2.29. The first-order valence-electron chi connectivity index (χ1n) is 5.47. The molecule has 0 radical (unpaired) electrons. The van der Waals surface area contributed by atoms with Gasteiger partial charge in [0.05, 0.1) is 12.6 Å². The summed E-state index contributed by atoms with van der Waals surface area (Å²) in [4.78, 5) is 28.1. The SMILES string of the molecule is COC(=O)c1cccn(C2=NC(C)(C)CS2)c1=O. The van der Waals surface area contributed by atoms with E-state index >= 15 is 0 Å². The smallest absolute Gasteiger partial charge is 0.343 e. The summed E-state index contributed by atoms with van der Waals surface area (Å²) >= 11 is 1.51. The monoisotopic (exact) mass is 266 g/mol. The van der Waals surface area contributed by atoms with Crippen molar-refractivity contribution in [1.29, 1.82) is 0 Å². The molecule has 0 spiro atoms. The normalized spacial score (nSPS) is 17.4. The number of rotatable bonds is 1. The molecule has 0 aliphatic carbocycles. The van der Waals surface area contributed by atoms with Gasteiger partial charge in [-0.1, -0.05) is 11.8 Å². The number of carbonyl (C=O) groups excluding carboxylic acids is 1. The number of ether oxygens (including phenoxy) is 1. The van der Waals surface area contributed by atoms with E-state index in [0.29, 0.717) is 5.17 Å². The first-order chi connectivity index (χ1) is 8.44. The van der Waals surface area contributed by atoms with Gasteiger partial charge in [0, 0.05) is 11.9 Å². The number of esters is 1. The molecule has 1 aliphatic rings. The number of methoxy groups -OCH3 is 1. The predicted octanol–water partition coefficient (Wildman–Crippen LogP) is 1.36. The zero-order valence-corrected chi connectivity index (χ0v) is 11.3. The molecule has 1 aliphatic heterocycles. The highest BCUT2D eigenvalue weighted by Gasteiger charge is 2.27. The quantitative estimate of drug-likeness (QED) is 0.720. The molecule has 0 amide bonds. The molecule has 0 atom stereocenters. The summed E-state index contributed by atoms with van der Waals surface area (Å²) in [5.74, 6) is 0.189. The molecule has 18 heavy (non-hydrogen) atoms. The summed E-state index contributed by atoms with van der Waals surface area (Å²) < 4.78 is 5.97. The Morgan fingerprint density at radius 3 is 2.83 bits per heavy atom. The van der Waals surface area contributed by atoms with E-state index in [2.05, 4.69) is 9.73 Å². The Hall–Kier alpha value is -1.56. The van der Waals surface area contributed by atoms with Crippen molar-refractivity contribution in [1.82, 2.24) is 4.57 Å². The van der Waals surface area contributed by atoms with Gasteiger partial charge in [-0.05, 0) is 26.0 Å². The van der Waals surface area contributed by atoms with Gasteiger partial charge in [0.25, 0.3) is 5.56 Å². The average Bonchev–Trinajstić information content (AvgIpc) is 2.69. The average molecular weight is 266 g/mol. The number of hydrogen-bond donors (Lipinski definition) is 0. The van der Waals surface area contributed by atoms with Crippen LogP contribution < -0.4 is 5.56 Å². The van der Waals surface area contributed by atoms with Crippen molar-refractivity contribution in [3.05, 3.63) is 34.2 Å². The van der Waals surface area contributed by atoms with E-state index in [1.165, 1.54) is 29.5 Å². The van der Waals surface area contributed by atoms with E-state index in [4.69, 9.17) is 0 Å². The summed E-state index contributed by atoms with van der Waals surface area (Å²) in [6.45, 7) is 4.00. The zero-order chi connectivity index (χ0) is 13.3. The Balaban J connectivity index is 2.48. The van der Waals surface area contributed by atoms with E-state index in [1.54, 1.807) is 12.3 Å². The lowest BCUT2D eigenvalue weighted by Gasteiger charge is -2.09. The molecule has 0 saturated carbocycles. The lowest BCUT2D eigenvalue weighted by atomic mass is 10.1. The van der Waals surface area contributed by atoms with Crippen LogP contribution in [0, 0.1) is 0 Å². The van der Waals surface area contributed by atoms with Crippen LogP contribution in [0.25, 0.3) is 0 Å². The summed E-state index contributed by atoms with van der Waals surface area (Å²) in [6, 6.07) is 3.10. The molecule has 2 rings (SSSR count). The minimum atomic E-state index is -0.628. The third-order valence-electron chi connectivity index (χ3n) is 2.51. The van der Waals surface area contributed by atoms with Crippen LogP contribution in [0.3, 0.4) is 0 Å². The maximum absolute atomic E-state index is 12.1. The molecular weight excluding hydrogens is 252 g/mol. The fraction of sp³-hybridized carbons (Fsp3) is 0.417. The molecular formula is C12H14N2O3S. The Morgan fingerprint density at radius 1 is 1.56 bits per heavy atom. The first kappa shape index (κ1) is 12.9. The van der Waals surface area contributed by atoms with E-state index in [1.807, 2.05) is 13.8 Å². The second-order valence-electron chi connectivity index (χ2n) is 4.58. The van der Waals surface area contributed by atoms with Gasteiger partial charge in [0.1, 0.15) is 5.56 Å². The highest BCUT2D eigenvalue weighted by atomic mass is 32.2. The fourth-order valence-corrected chi connectivity index (χ4v) is 2.74. The zero-order valence-electron chi connectivity index (χ0n) is 10.5. The number of thioether (sulfide) groups is 1. The minimum absolute atomic E-state index is 0.0213. The van der Waals surface area contributed by atoms with E-state index in [-0.39, 0.29) is 11.1 Å². The summed E-state index contributed by atoms with van der Waals surface area (Å²) in [7, 11) is 1.25. The molecule has 0 N–H and O–H groups in total. The fourth-order valence-electron chi connectivity index (χ4n) is 1.60. The van der Waals surface area contributed by atoms with Crippen molar-refractivity contribution in [3.8, 4) is 0 Å². The maximum Gasteiger partial charge on any atom is 0.343 e. The van der Waals surface area contributed by atoms with E-state index in [9.17, 15) is 9.59 Å². The number of nitrogens with zero attached hydrogens (tertiary/aromatic N) is 2. The van der Waals surface area contributed by atoms with Crippen LogP contribution in [-0.2, 0) is 4.74 Å². The van der Waals surface area contributed by atoms with Crippen molar-refractivity contribution in [2.24, 2.45) is 4.99 Å². The predicted molar refractivity (Wildman–Crippen MR) is 71.4 cm³/mol. The largest absolute Gasteiger partial charge is 0.465 e. The molecule has 0 aromatic carbocycles. The number of carbonyl (C=O) groups is 1. The highest BCUT2D eigenvalue weighted by molar-refractivity contribution is 8.14. The highest BCUT2D eigenvalue weighted by Crippen LogP contribution is 2.27. The summed E-state index contributed by atoms with van der Waals surface area (Å²) in [6.07, 6.45) is 1.61. The Morgan fingerprint density at radius 2 is 2.28 bits per heavy atom. The number of hydrogen-bond acceptors (Lipinski definition) is 5. The molecule has 0 fully saturated rings. The van der Waals surface area contributed by atoms with Crippen LogP contribution in [0.2, 0.25) is 0 Å². The van der Waals surface area contributed by atoms with Crippen LogP contribution in [0.5, 0.6) is 0 Å². The maximum atomic E-state index is 12.1. The van der Waals surface area contributed by atoms with Crippen LogP contribution in [0.1, 0.15) is 24.2 Å². The first-order valence-corrected chi connectivity index (χ1v) is 6.46. The van der Waals surface area contributed by atoms with Crippen LogP contribution in [-0.4, -0.2) is 34.1 Å². The lowest BCUT2D eigenvalue weighted by molar-refractivity contribution is 0.0598. The van der Waals surface area contributed by atoms with Gasteiger partial charge in [-0.25, -0.2) is 4.79 Å². The molecule has 5 nitrogen and oxygen atoms in total. The summed E-state index contributed by atoms with van der Waals surface area (Å²) in [5.41, 5.74) is -0.554. The third kappa shape index (κ3) is 2.33. The van der Waals surface area contributed by atoms with Gasteiger partial charge in [0.2, 0.25) is 0 Å². The molecule has 2 heterocycles. The van der Waals surface area contributed by atoms with Crippen molar-refractivity contribution in [3.63, 3.8) is 0 Å². The van der Waals surface area contributed by atoms with E-state index in [0.717, 1.165) is 5.75 Å². The molecule has 96 valence electrons. The van der Waals surface area contributed by atoms with Gasteiger partial charge >= 0.3 is 5.97 Å². The Bertz CT molecular complexity index is 575. The van der Waals surface area contributed by atoms with Gasteiger partial charge < -0.3 is 4.74 Å².